The smallest absolute Gasteiger partial charge is 0.191 e. The second-order valence-electron chi connectivity index (χ2n) is 5.67. The van der Waals surface area contributed by atoms with Gasteiger partial charge in [-0.15, -0.1) is 11.6 Å². The van der Waals surface area contributed by atoms with E-state index in [0.29, 0.717) is 18.6 Å². The van der Waals surface area contributed by atoms with Crippen LogP contribution in [0, 0.1) is 0 Å². The minimum absolute atomic E-state index is 0.0347. The number of fused-ring (bicyclic) bond motifs is 1. The van der Waals surface area contributed by atoms with Gasteiger partial charge in [0.05, 0.1) is 5.56 Å². The number of aliphatic hydroxyl groups is 3. The number of rotatable bonds is 3. The van der Waals surface area contributed by atoms with E-state index in [0.717, 1.165) is 5.56 Å². The number of alkyl halides is 1. The van der Waals surface area contributed by atoms with Crippen LogP contribution in [0.1, 0.15) is 34.1 Å². The average molecular weight is 337 g/mol. The summed E-state index contributed by atoms with van der Waals surface area (Å²) in [6.07, 6.45) is -3.24. The average Bonchev–Trinajstić information content (AvgIpc) is 2.56. The standard InChI is InChI=1S/C17H17ClO5/c18-13-15(21)16(22)14(20)12-11(19)8-10(23-17(12)13)7-6-9-4-2-1-3-5-9/h1-5,8,13-16,20-22H,6-7H2/t13-,14-,15+,16+/m0/s1. The summed E-state index contributed by atoms with van der Waals surface area (Å²) in [5.41, 5.74) is 0.579. The Kier molecular flexibility index (Phi) is 4.55. The van der Waals surface area contributed by atoms with Crippen molar-refractivity contribution >= 4 is 11.6 Å². The molecule has 1 aromatic heterocycles. The molecular formula is C17H17ClO5. The third-order valence-corrected chi connectivity index (χ3v) is 4.54. The highest BCUT2D eigenvalue weighted by Gasteiger charge is 2.43. The van der Waals surface area contributed by atoms with Gasteiger partial charge in [0, 0.05) is 12.5 Å². The first-order chi connectivity index (χ1) is 11.0. The Balaban J connectivity index is 1.91. The monoisotopic (exact) mass is 336 g/mol. The zero-order valence-electron chi connectivity index (χ0n) is 12.2. The predicted molar refractivity (Wildman–Crippen MR) is 84.4 cm³/mol. The first-order valence-electron chi connectivity index (χ1n) is 7.38. The molecule has 6 heteroatoms. The van der Waals surface area contributed by atoms with Gasteiger partial charge in [0.25, 0.3) is 0 Å². The lowest BCUT2D eigenvalue weighted by atomic mass is 9.88. The third-order valence-electron chi connectivity index (χ3n) is 4.09. The number of halogens is 1. The number of hydrogen-bond acceptors (Lipinski definition) is 5. The maximum Gasteiger partial charge on any atom is 0.191 e. The van der Waals surface area contributed by atoms with E-state index in [-0.39, 0.29) is 11.3 Å². The molecule has 5 nitrogen and oxygen atoms in total. The van der Waals surface area contributed by atoms with Gasteiger partial charge < -0.3 is 19.7 Å². The van der Waals surface area contributed by atoms with Crippen LogP contribution in [0.25, 0.3) is 0 Å². The highest BCUT2D eigenvalue weighted by atomic mass is 35.5. The molecule has 1 aromatic carbocycles. The minimum atomic E-state index is -1.51. The van der Waals surface area contributed by atoms with Gasteiger partial charge in [-0.3, -0.25) is 4.79 Å². The number of aryl methyl sites for hydroxylation is 2. The van der Waals surface area contributed by atoms with Crippen LogP contribution in [-0.2, 0) is 12.8 Å². The molecule has 0 amide bonds. The largest absolute Gasteiger partial charge is 0.464 e. The van der Waals surface area contributed by atoms with Gasteiger partial charge >= 0.3 is 0 Å². The molecule has 4 atom stereocenters. The van der Waals surface area contributed by atoms with E-state index in [1.54, 1.807) is 0 Å². The summed E-state index contributed by atoms with van der Waals surface area (Å²) < 4.78 is 5.64. The molecule has 3 rings (SSSR count). The van der Waals surface area contributed by atoms with Gasteiger partial charge in [0.15, 0.2) is 5.43 Å². The van der Waals surface area contributed by atoms with Crippen molar-refractivity contribution in [1.82, 2.24) is 0 Å². The fraction of sp³-hybridized carbons (Fsp3) is 0.353. The second kappa shape index (κ2) is 6.45. The zero-order chi connectivity index (χ0) is 16.6. The van der Waals surface area contributed by atoms with Crippen LogP contribution < -0.4 is 5.43 Å². The summed E-state index contributed by atoms with van der Waals surface area (Å²) in [5.74, 6) is 0.464. The normalized spacial score (nSPS) is 26.8. The highest BCUT2D eigenvalue weighted by Crippen LogP contribution is 2.39. The van der Waals surface area contributed by atoms with Crippen molar-refractivity contribution in [3.05, 3.63) is 69.3 Å². The van der Waals surface area contributed by atoms with Crippen molar-refractivity contribution in [3.63, 3.8) is 0 Å². The lowest BCUT2D eigenvalue weighted by Gasteiger charge is -2.32. The Morgan fingerprint density at radius 3 is 2.43 bits per heavy atom. The molecule has 0 radical (unpaired) electrons. The lowest BCUT2D eigenvalue weighted by molar-refractivity contribution is -0.0756. The van der Waals surface area contributed by atoms with Gasteiger partial charge in [-0.05, 0) is 12.0 Å². The number of benzene rings is 1. The molecule has 2 aromatic rings. The van der Waals surface area contributed by atoms with Crippen molar-refractivity contribution in [3.8, 4) is 0 Å². The van der Waals surface area contributed by atoms with Crippen LogP contribution in [-0.4, -0.2) is 27.5 Å². The Bertz CT molecular complexity index is 742. The molecule has 0 bridgehead atoms. The summed E-state index contributed by atoms with van der Waals surface area (Å²) in [6.45, 7) is 0. The van der Waals surface area contributed by atoms with Crippen LogP contribution >= 0.6 is 11.6 Å². The SMILES string of the molecule is O=c1cc(CCc2ccccc2)oc2c1[C@H](O)[C@@H](O)[C@H](O)[C@@H]2Cl. The molecule has 0 spiro atoms. The first-order valence-corrected chi connectivity index (χ1v) is 7.81. The molecule has 0 saturated heterocycles. The molecule has 0 aliphatic heterocycles. The summed E-state index contributed by atoms with van der Waals surface area (Å²) in [5, 5.41) is 28.5. The molecule has 1 heterocycles. The van der Waals surface area contributed by atoms with Crippen molar-refractivity contribution in [2.45, 2.75) is 36.5 Å². The van der Waals surface area contributed by atoms with Crippen molar-refractivity contribution in [1.29, 1.82) is 0 Å². The molecule has 1 aliphatic carbocycles. The van der Waals surface area contributed by atoms with Gasteiger partial charge in [-0.2, -0.15) is 0 Å². The maximum atomic E-state index is 12.2. The summed E-state index contributed by atoms with van der Waals surface area (Å²) >= 11 is 6.07. The van der Waals surface area contributed by atoms with Gasteiger partial charge in [-0.25, -0.2) is 0 Å². The first kappa shape index (κ1) is 16.2. The van der Waals surface area contributed by atoms with Crippen LogP contribution in [0.2, 0.25) is 0 Å². The second-order valence-corrected chi connectivity index (χ2v) is 6.14. The number of hydrogen-bond donors (Lipinski definition) is 3. The van der Waals surface area contributed by atoms with Crippen LogP contribution in [0.4, 0.5) is 0 Å². The summed E-state index contributed by atoms with van der Waals surface area (Å²) in [6, 6.07) is 11.0. The van der Waals surface area contributed by atoms with E-state index >= 15 is 0 Å². The lowest BCUT2D eigenvalue weighted by Crippen LogP contribution is -2.42. The Hall–Kier alpha value is -1.66. The molecule has 23 heavy (non-hydrogen) atoms. The highest BCUT2D eigenvalue weighted by molar-refractivity contribution is 6.21. The van der Waals surface area contributed by atoms with Crippen molar-refractivity contribution < 1.29 is 19.7 Å². The van der Waals surface area contributed by atoms with Crippen LogP contribution in [0.5, 0.6) is 0 Å². The van der Waals surface area contributed by atoms with E-state index in [4.69, 9.17) is 16.0 Å². The molecular weight excluding hydrogens is 320 g/mol. The Labute approximate surface area is 137 Å². The molecule has 1 aliphatic rings. The van der Waals surface area contributed by atoms with Gasteiger partial charge in [-0.1, -0.05) is 30.3 Å². The van der Waals surface area contributed by atoms with E-state index in [2.05, 4.69) is 0 Å². The topological polar surface area (TPSA) is 90.9 Å². The van der Waals surface area contributed by atoms with E-state index in [9.17, 15) is 20.1 Å². The quantitative estimate of drug-likeness (QED) is 0.738. The van der Waals surface area contributed by atoms with E-state index in [1.807, 2.05) is 30.3 Å². The number of aliphatic hydroxyl groups excluding tert-OH is 3. The molecule has 0 unspecified atom stereocenters. The van der Waals surface area contributed by atoms with Crippen LogP contribution in [0.3, 0.4) is 0 Å². The van der Waals surface area contributed by atoms with Crippen molar-refractivity contribution in [2.24, 2.45) is 0 Å². The third kappa shape index (κ3) is 3.05. The Morgan fingerprint density at radius 2 is 1.74 bits per heavy atom. The molecule has 0 saturated carbocycles. The molecule has 0 fully saturated rings. The van der Waals surface area contributed by atoms with Gasteiger partial charge in [0.1, 0.15) is 35.2 Å². The van der Waals surface area contributed by atoms with E-state index in [1.165, 1.54) is 6.07 Å². The minimum Gasteiger partial charge on any atom is -0.464 e. The fourth-order valence-electron chi connectivity index (χ4n) is 2.79. The Morgan fingerprint density at radius 1 is 1.04 bits per heavy atom. The summed E-state index contributed by atoms with van der Waals surface area (Å²) in [4.78, 5) is 12.2. The van der Waals surface area contributed by atoms with Crippen LogP contribution in [0.15, 0.2) is 45.6 Å². The molecule has 122 valence electrons. The fourth-order valence-corrected chi connectivity index (χ4v) is 3.10. The predicted octanol–water partition coefficient (Wildman–Crippen LogP) is 1.47. The maximum absolute atomic E-state index is 12.2. The van der Waals surface area contributed by atoms with Crippen molar-refractivity contribution in [2.75, 3.05) is 0 Å². The zero-order valence-corrected chi connectivity index (χ0v) is 13.0. The summed E-state index contributed by atoms with van der Waals surface area (Å²) in [7, 11) is 0. The molecule has 3 N–H and O–H groups in total. The van der Waals surface area contributed by atoms with Gasteiger partial charge in [0.2, 0.25) is 0 Å². The van der Waals surface area contributed by atoms with E-state index < -0.39 is 29.1 Å².